The van der Waals surface area contributed by atoms with Crippen molar-refractivity contribution in [2.45, 2.75) is 26.3 Å². The zero-order valence-electron chi connectivity index (χ0n) is 12.2. The van der Waals surface area contributed by atoms with Crippen LogP contribution in [0.3, 0.4) is 0 Å². The highest BCUT2D eigenvalue weighted by atomic mass is 35.5. The van der Waals surface area contributed by atoms with Crippen LogP contribution in [0.4, 0.5) is 5.82 Å². The Bertz CT molecular complexity index is 571. The van der Waals surface area contributed by atoms with Crippen molar-refractivity contribution in [3.63, 3.8) is 0 Å². The molecular weight excluding hydrogens is 272 g/mol. The molecule has 108 valence electrons. The Morgan fingerprint density at radius 3 is 2.75 bits per heavy atom. The zero-order chi connectivity index (χ0) is 14.5. The lowest BCUT2D eigenvalue weighted by Crippen LogP contribution is -2.24. The van der Waals surface area contributed by atoms with Crippen molar-refractivity contribution in [3.05, 3.63) is 30.5 Å². The molecule has 1 aromatic heterocycles. The molecule has 0 aliphatic heterocycles. The van der Waals surface area contributed by atoms with Crippen LogP contribution in [-0.2, 0) is 0 Å². The third-order valence-corrected chi connectivity index (χ3v) is 3.63. The summed E-state index contributed by atoms with van der Waals surface area (Å²) < 4.78 is 5.29. The minimum absolute atomic E-state index is 0.223. The summed E-state index contributed by atoms with van der Waals surface area (Å²) >= 11 is 6.06. The average Bonchev–Trinajstić information content (AvgIpc) is 2.45. The Kier molecular flexibility index (Phi) is 5.07. The van der Waals surface area contributed by atoms with Gasteiger partial charge >= 0.3 is 0 Å². The van der Waals surface area contributed by atoms with Gasteiger partial charge in [0.15, 0.2) is 0 Å². The molecule has 20 heavy (non-hydrogen) atoms. The Balaban J connectivity index is 2.32. The highest BCUT2D eigenvalue weighted by Gasteiger charge is 2.12. The van der Waals surface area contributed by atoms with E-state index in [4.69, 9.17) is 16.3 Å². The van der Waals surface area contributed by atoms with Crippen molar-refractivity contribution in [1.82, 2.24) is 4.98 Å². The van der Waals surface area contributed by atoms with Gasteiger partial charge in [0.2, 0.25) is 0 Å². The van der Waals surface area contributed by atoms with E-state index in [9.17, 15) is 0 Å². The number of hydrogen-bond donors (Lipinski definition) is 1. The number of anilines is 1. The quantitative estimate of drug-likeness (QED) is 0.806. The van der Waals surface area contributed by atoms with Crippen LogP contribution in [0, 0.1) is 5.92 Å². The third kappa shape index (κ3) is 3.54. The monoisotopic (exact) mass is 292 g/mol. The minimum atomic E-state index is 0.223. The fourth-order valence-electron chi connectivity index (χ4n) is 2.31. The number of aromatic nitrogens is 1. The lowest BCUT2D eigenvalue weighted by atomic mass is 10.0. The Morgan fingerprint density at radius 1 is 1.30 bits per heavy atom. The molecule has 0 aliphatic rings. The number of halogens is 1. The molecule has 0 saturated heterocycles. The summed E-state index contributed by atoms with van der Waals surface area (Å²) in [5.74, 6) is 2.86. The number of ether oxygens (including phenoxy) is 1. The highest BCUT2D eigenvalue weighted by Crippen LogP contribution is 2.26. The molecule has 3 nitrogen and oxygen atoms in total. The smallest absolute Gasteiger partial charge is 0.134 e. The van der Waals surface area contributed by atoms with Gasteiger partial charge in [0.1, 0.15) is 11.6 Å². The van der Waals surface area contributed by atoms with Crippen molar-refractivity contribution in [2.24, 2.45) is 5.92 Å². The van der Waals surface area contributed by atoms with Crippen LogP contribution in [0.25, 0.3) is 10.8 Å². The first kappa shape index (κ1) is 14.9. The topological polar surface area (TPSA) is 34.1 Å². The van der Waals surface area contributed by atoms with E-state index in [1.54, 1.807) is 7.11 Å². The molecule has 0 radical (unpaired) electrons. The van der Waals surface area contributed by atoms with E-state index >= 15 is 0 Å². The van der Waals surface area contributed by atoms with Gasteiger partial charge in [-0.2, -0.15) is 0 Å². The van der Waals surface area contributed by atoms with Gasteiger partial charge in [-0.25, -0.2) is 4.98 Å². The Morgan fingerprint density at radius 2 is 2.10 bits per heavy atom. The number of rotatable bonds is 6. The van der Waals surface area contributed by atoms with Gasteiger partial charge in [0.25, 0.3) is 0 Å². The van der Waals surface area contributed by atoms with Gasteiger partial charge in [-0.05, 0) is 35.9 Å². The molecule has 2 rings (SSSR count). The van der Waals surface area contributed by atoms with E-state index in [1.807, 2.05) is 30.5 Å². The zero-order valence-corrected chi connectivity index (χ0v) is 12.9. The van der Waals surface area contributed by atoms with Gasteiger partial charge < -0.3 is 10.1 Å². The fourth-order valence-corrected chi connectivity index (χ4v) is 2.52. The number of pyridine rings is 1. The molecule has 2 aromatic rings. The number of fused-ring (bicyclic) bond motifs is 1. The summed E-state index contributed by atoms with van der Waals surface area (Å²) in [5.41, 5.74) is 0. The van der Waals surface area contributed by atoms with E-state index in [0.29, 0.717) is 11.8 Å². The van der Waals surface area contributed by atoms with E-state index in [-0.39, 0.29) is 6.04 Å². The number of nitrogens with one attached hydrogen (secondary N) is 1. The maximum atomic E-state index is 6.06. The largest absolute Gasteiger partial charge is 0.497 e. The van der Waals surface area contributed by atoms with E-state index in [0.717, 1.165) is 28.8 Å². The van der Waals surface area contributed by atoms with Crippen molar-refractivity contribution in [2.75, 3.05) is 18.3 Å². The second-order valence-electron chi connectivity index (χ2n) is 5.37. The molecule has 1 heterocycles. The number of nitrogens with zero attached hydrogens (tertiary/aromatic N) is 1. The summed E-state index contributed by atoms with van der Waals surface area (Å²) in [6.07, 6.45) is 2.84. The molecule has 0 saturated carbocycles. The first-order valence-corrected chi connectivity index (χ1v) is 7.42. The molecule has 4 heteroatoms. The maximum absolute atomic E-state index is 6.06. The van der Waals surface area contributed by atoms with E-state index in [2.05, 4.69) is 24.1 Å². The summed E-state index contributed by atoms with van der Waals surface area (Å²) in [6, 6.07) is 8.22. The molecule has 1 aromatic carbocycles. The standard InChI is InChI=1S/C16H21ClN2O/c1-11(2)8-13(10-17)19-16-15-9-14(20-3)5-4-12(15)6-7-18-16/h4-7,9,11,13H,8,10H2,1-3H3,(H,18,19). The van der Waals surface area contributed by atoms with Gasteiger partial charge in [0.05, 0.1) is 7.11 Å². The third-order valence-electron chi connectivity index (χ3n) is 3.26. The van der Waals surface area contributed by atoms with Gasteiger partial charge in [-0.3, -0.25) is 0 Å². The van der Waals surface area contributed by atoms with Gasteiger partial charge in [-0.1, -0.05) is 19.9 Å². The SMILES string of the molecule is COc1ccc2ccnc(NC(CCl)CC(C)C)c2c1. The summed E-state index contributed by atoms with van der Waals surface area (Å²) in [5, 5.41) is 5.66. The molecule has 0 bridgehead atoms. The maximum Gasteiger partial charge on any atom is 0.134 e. The summed E-state index contributed by atoms with van der Waals surface area (Å²) in [6.45, 7) is 4.39. The second kappa shape index (κ2) is 6.80. The van der Waals surface area contributed by atoms with Gasteiger partial charge in [0, 0.05) is 23.5 Å². The van der Waals surface area contributed by atoms with Crippen LogP contribution in [0.5, 0.6) is 5.75 Å². The lowest BCUT2D eigenvalue weighted by Gasteiger charge is -2.19. The van der Waals surface area contributed by atoms with Crippen molar-refractivity contribution < 1.29 is 4.74 Å². The summed E-state index contributed by atoms with van der Waals surface area (Å²) in [4.78, 5) is 4.45. The average molecular weight is 293 g/mol. The lowest BCUT2D eigenvalue weighted by molar-refractivity contribution is 0.415. The Hall–Kier alpha value is -1.48. The van der Waals surface area contributed by atoms with Crippen molar-refractivity contribution >= 4 is 28.2 Å². The number of alkyl halides is 1. The predicted octanol–water partition coefficient (Wildman–Crippen LogP) is 4.31. The van der Waals surface area contributed by atoms with Crippen LogP contribution in [0.2, 0.25) is 0 Å². The number of benzene rings is 1. The molecule has 0 amide bonds. The predicted molar refractivity (Wildman–Crippen MR) is 85.9 cm³/mol. The fraction of sp³-hybridized carbons (Fsp3) is 0.438. The van der Waals surface area contributed by atoms with Crippen LogP contribution >= 0.6 is 11.6 Å². The molecule has 1 atom stereocenters. The summed E-state index contributed by atoms with van der Waals surface area (Å²) in [7, 11) is 1.67. The van der Waals surface area contributed by atoms with Gasteiger partial charge in [-0.15, -0.1) is 11.6 Å². The van der Waals surface area contributed by atoms with Crippen molar-refractivity contribution in [3.8, 4) is 5.75 Å². The number of methoxy groups -OCH3 is 1. The molecule has 0 spiro atoms. The molecular formula is C16H21ClN2O. The van der Waals surface area contributed by atoms with Crippen molar-refractivity contribution in [1.29, 1.82) is 0 Å². The van der Waals surface area contributed by atoms with E-state index in [1.165, 1.54) is 0 Å². The molecule has 0 fully saturated rings. The normalized spacial score (nSPS) is 12.7. The van der Waals surface area contributed by atoms with Crippen LogP contribution in [0.15, 0.2) is 30.5 Å². The van der Waals surface area contributed by atoms with E-state index < -0.39 is 0 Å². The Labute approximate surface area is 125 Å². The number of hydrogen-bond acceptors (Lipinski definition) is 3. The van der Waals surface area contributed by atoms with Crippen LogP contribution in [0.1, 0.15) is 20.3 Å². The second-order valence-corrected chi connectivity index (χ2v) is 5.68. The molecule has 1 unspecified atom stereocenters. The molecule has 1 N–H and O–H groups in total. The highest BCUT2D eigenvalue weighted by molar-refractivity contribution is 6.18. The first-order chi connectivity index (χ1) is 9.63. The molecule has 0 aliphatic carbocycles. The van der Waals surface area contributed by atoms with Crippen LogP contribution < -0.4 is 10.1 Å². The first-order valence-electron chi connectivity index (χ1n) is 6.89. The van der Waals surface area contributed by atoms with Crippen LogP contribution in [-0.4, -0.2) is 24.0 Å². The minimum Gasteiger partial charge on any atom is -0.497 e.